The minimum absolute atomic E-state index is 0.0626. The molecule has 0 saturated carbocycles. The monoisotopic (exact) mass is 1660 g/mol. The van der Waals surface area contributed by atoms with Crippen LogP contribution < -0.4 is 62.2 Å². The van der Waals surface area contributed by atoms with Gasteiger partial charge in [-0.3, -0.25) is 0 Å². The van der Waals surface area contributed by atoms with Crippen molar-refractivity contribution >= 4 is 149 Å². The van der Waals surface area contributed by atoms with E-state index in [2.05, 4.69) is 504 Å². The Kier molecular flexibility index (Phi) is 20.9. The Labute approximate surface area is 757 Å². The van der Waals surface area contributed by atoms with Crippen molar-refractivity contribution in [1.29, 1.82) is 0 Å². The van der Waals surface area contributed by atoms with Crippen molar-refractivity contribution < 1.29 is 0 Å². The first kappa shape index (κ1) is 86.9. The van der Waals surface area contributed by atoms with E-state index in [0.717, 1.165) is 91.0 Å². The fraction of sp³-hybridized carbons (Fsp3) is 0.339. The summed E-state index contributed by atoms with van der Waals surface area (Å²) in [6.07, 6.45) is 0. The summed E-state index contributed by atoms with van der Waals surface area (Å²) in [7, 11) is 0. The average Bonchev–Trinajstić information content (AvgIpc) is 0.678. The van der Waals surface area contributed by atoms with Crippen LogP contribution >= 0.6 is 0 Å². The van der Waals surface area contributed by atoms with Crippen LogP contribution in [-0.4, -0.2) is 13.4 Å². The van der Waals surface area contributed by atoms with Crippen molar-refractivity contribution in [2.24, 2.45) is 0 Å². The summed E-state index contributed by atoms with van der Waals surface area (Å²) in [5, 5.41) is 0. The summed E-state index contributed by atoms with van der Waals surface area (Å²) in [6.45, 7) is 69.7. The van der Waals surface area contributed by atoms with Gasteiger partial charge < -0.3 is 29.4 Å². The van der Waals surface area contributed by atoms with Gasteiger partial charge >= 0.3 is 0 Å². The second-order valence-corrected chi connectivity index (χ2v) is 47.1. The smallest absolute Gasteiger partial charge is 0.252 e. The number of anilines is 18. The molecule has 0 unspecified atom stereocenters. The molecule has 0 aromatic heterocycles. The van der Waals surface area contributed by atoms with Gasteiger partial charge in [-0.2, -0.15) is 0 Å². The lowest BCUT2D eigenvalue weighted by Gasteiger charge is -2.48. The van der Waals surface area contributed by atoms with Gasteiger partial charge in [0, 0.05) is 91.0 Å². The summed E-state index contributed by atoms with van der Waals surface area (Å²) >= 11 is 0. The van der Waals surface area contributed by atoms with Crippen molar-refractivity contribution in [3.05, 3.63) is 323 Å². The summed E-state index contributed by atoms with van der Waals surface area (Å²) in [5.41, 5.74) is 39.6. The molecule has 0 amide bonds. The van der Waals surface area contributed by atoms with Crippen molar-refractivity contribution in [2.75, 3.05) is 29.4 Å². The first-order valence-corrected chi connectivity index (χ1v) is 46.3. The zero-order valence-electron chi connectivity index (χ0n) is 81.2. The van der Waals surface area contributed by atoms with Gasteiger partial charge in [0.2, 0.25) is 0 Å². The van der Waals surface area contributed by atoms with Crippen LogP contribution in [0.2, 0.25) is 0 Å². The molecule has 4 aliphatic heterocycles. The van der Waals surface area contributed by atoms with Gasteiger partial charge in [-0.15, -0.1) is 0 Å². The minimum Gasteiger partial charge on any atom is -0.311 e. The van der Waals surface area contributed by atoms with Crippen LogP contribution in [0.1, 0.15) is 263 Å². The quantitative estimate of drug-likeness (QED) is 0.126. The molecule has 0 atom stereocenters. The van der Waals surface area contributed by atoms with Gasteiger partial charge in [-0.1, -0.05) is 335 Å². The van der Waals surface area contributed by atoms with Gasteiger partial charge in [0.15, 0.2) is 0 Å². The van der Waals surface area contributed by atoms with Gasteiger partial charge in [0.25, 0.3) is 13.4 Å². The molecule has 0 aliphatic carbocycles. The van der Waals surface area contributed by atoms with E-state index in [1.54, 1.807) is 0 Å². The molecular formula is C118H134B2N6. The molecule has 0 fully saturated rings. The summed E-state index contributed by atoms with van der Waals surface area (Å²) in [4.78, 5) is 15.7. The maximum atomic E-state index is 2.75. The van der Waals surface area contributed by atoms with Crippen molar-refractivity contribution in [3.63, 3.8) is 0 Å². The molecule has 8 heteroatoms. The highest BCUT2D eigenvalue weighted by atomic mass is 15.2. The van der Waals surface area contributed by atoms with Gasteiger partial charge in [0.05, 0.1) is 11.4 Å². The number of hydrogen-bond donors (Lipinski definition) is 0. The Morgan fingerprint density at radius 3 is 0.532 bits per heavy atom. The molecule has 4 aliphatic rings. The first-order chi connectivity index (χ1) is 58.8. The number of benzene rings is 13. The van der Waals surface area contributed by atoms with Crippen molar-refractivity contribution in [3.8, 4) is 0 Å². The third kappa shape index (κ3) is 15.8. The fourth-order valence-corrected chi connectivity index (χ4v) is 19.5. The molecule has 642 valence electrons. The number of nitrogens with zero attached hydrogens (tertiary/aromatic N) is 6. The molecule has 0 saturated heterocycles. The molecule has 6 nitrogen and oxygen atoms in total. The Hall–Kier alpha value is -11.2. The van der Waals surface area contributed by atoms with Crippen LogP contribution in [0.3, 0.4) is 0 Å². The fourth-order valence-electron chi connectivity index (χ4n) is 19.5. The highest BCUT2D eigenvalue weighted by Gasteiger charge is 2.50. The number of hydrogen-bond acceptors (Lipinski definition) is 6. The van der Waals surface area contributed by atoms with Crippen molar-refractivity contribution in [1.82, 2.24) is 0 Å². The van der Waals surface area contributed by atoms with Gasteiger partial charge in [0.1, 0.15) is 0 Å². The lowest BCUT2D eigenvalue weighted by atomic mass is 9.30. The van der Waals surface area contributed by atoms with Crippen molar-refractivity contribution in [2.45, 2.75) is 262 Å². The minimum atomic E-state index is -0.269. The van der Waals surface area contributed by atoms with Gasteiger partial charge in [-0.05, 0) is 282 Å². The van der Waals surface area contributed by atoms with E-state index in [1.165, 1.54) is 99.8 Å². The molecule has 0 N–H and O–H groups in total. The molecule has 0 radical (unpaired) electrons. The molecule has 126 heavy (non-hydrogen) atoms. The van der Waals surface area contributed by atoms with Crippen LogP contribution in [0, 0.1) is 0 Å². The zero-order valence-corrected chi connectivity index (χ0v) is 81.2. The lowest BCUT2D eigenvalue weighted by molar-refractivity contribution is 0.590. The predicted octanol–water partition coefficient (Wildman–Crippen LogP) is 29.8. The number of fused-ring (bicyclic) bond motifs is 8. The van der Waals surface area contributed by atoms with E-state index in [9.17, 15) is 0 Å². The predicted molar refractivity (Wildman–Crippen MR) is 551 cm³/mol. The Morgan fingerprint density at radius 1 is 0.159 bits per heavy atom. The van der Waals surface area contributed by atoms with E-state index in [0.29, 0.717) is 0 Å². The summed E-state index contributed by atoms with van der Waals surface area (Å²) in [6, 6.07) is 107. The molecule has 0 bridgehead atoms. The normalized spacial score (nSPS) is 14.2. The van der Waals surface area contributed by atoms with Crippen LogP contribution in [-0.2, 0) is 54.1 Å². The Morgan fingerprint density at radius 2 is 0.333 bits per heavy atom. The second-order valence-electron chi connectivity index (χ2n) is 47.1. The Balaban J connectivity index is 1.05. The second kappa shape index (κ2) is 30.2. The van der Waals surface area contributed by atoms with E-state index >= 15 is 0 Å². The third-order valence-corrected chi connectivity index (χ3v) is 27.4. The summed E-state index contributed by atoms with van der Waals surface area (Å²) in [5.74, 6) is 0. The first-order valence-electron chi connectivity index (χ1n) is 46.3. The lowest BCUT2D eigenvalue weighted by Crippen LogP contribution is -2.65. The Bertz CT molecular complexity index is 5820. The van der Waals surface area contributed by atoms with E-state index < -0.39 is 0 Å². The van der Waals surface area contributed by atoms with Crippen LogP contribution in [0.25, 0.3) is 0 Å². The van der Waals surface area contributed by atoms with Crippen LogP contribution in [0.4, 0.5) is 102 Å². The molecule has 4 heterocycles. The molecule has 13 aromatic rings. The maximum absolute atomic E-state index is 2.75. The molecule has 17 rings (SSSR count). The van der Waals surface area contributed by atoms with E-state index in [1.807, 2.05) is 0 Å². The topological polar surface area (TPSA) is 19.4 Å². The SMILES string of the molecule is CC(C)(C)c1ccc(N(c2ccc(C(C)(C)C)cc2)c2cc3c4c(c2)N(c2ccc(C(C)(C)C)cc2)c2cc5c(cc2B4c2cc(C(C)(C)C)ccc2N3c2ccc(C(C)(C)C)cc2)B2c3cc(C(C)(C)C)ccc3N(c3ccc(C(C)(C)C)cc3)c3cc(N(c4ccc(C(C)(C)C)cc4)c4ccc(C(C)(C)C)cc4)cc(c32)N5c2ccc(C(C)(C)C)cc2)cc1. The standard InChI is InChI=1S/C118H134B2N6/c1-109(2,3)75-31-49-85(50-32-75)121(86-51-33-76(34-52-86)110(4,5)6)93-69-103-107-105(71-93)125(91-61-43-81(44-62-91)115(19,20)21)101-74-102-98(73-97(101)119(107)95-67-83(117(25,26)27)47-65-99(95)123(103)89-57-39-79(40-58-89)113(13,14)15)120-96-68-84(118(28,29)30)48-66-100(96)124(90-59-41-80(42-60-90)114(16,17)18)104-70-94(72-106(108(104)120)126(102)92-63-45-82(46-64-92)116(22,23)24)122(87-53-35-77(36-54-87)111(7,8)9)88-55-37-78(38-56-88)112(10,11)12/h31-74H,1-30H3. The van der Waals surface area contributed by atoms with Crippen LogP contribution in [0.15, 0.2) is 267 Å². The molecule has 13 aromatic carbocycles. The third-order valence-electron chi connectivity index (χ3n) is 27.4. The largest absolute Gasteiger partial charge is 0.311 e. The van der Waals surface area contributed by atoms with E-state index in [-0.39, 0.29) is 67.6 Å². The highest BCUT2D eigenvalue weighted by Crippen LogP contribution is 2.55. The van der Waals surface area contributed by atoms with Crippen LogP contribution in [0.5, 0.6) is 0 Å². The highest BCUT2D eigenvalue weighted by molar-refractivity contribution is 7.03. The maximum Gasteiger partial charge on any atom is 0.252 e. The summed E-state index contributed by atoms with van der Waals surface area (Å²) < 4.78 is 0. The molecule has 0 spiro atoms. The average molecular weight is 1660 g/mol. The van der Waals surface area contributed by atoms with E-state index in [4.69, 9.17) is 0 Å². The number of rotatable bonds is 10. The zero-order chi connectivity index (χ0) is 90.4. The molecular weight excluding hydrogens is 1520 g/mol. The van der Waals surface area contributed by atoms with Gasteiger partial charge in [-0.25, -0.2) is 0 Å².